The Hall–Kier alpha value is -3.93. The predicted molar refractivity (Wildman–Crippen MR) is 149 cm³/mol. The van der Waals surface area contributed by atoms with Crippen LogP contribution in [0.2, 0.25) is 0 Å². The number of aryl methyl sites for hydroxylation is 1. The van der Waals surface area contributed by atoms with E-state index in [1.165, 1.54) is 0 Å². The SMILES string of the molecule is CC(C)(C)C(NC(=O)C(CCCc1ccccc1)CC(=O)O)C(=O)NC(c1ccccc1)c1ccccc1. The van der Waals surface area contributed by atoms with Crippen molar-refractivity contribution in [2.45, 2.75) is 58.5 Å². The second-order valence-corrected chi connectivity index (χ2v) is 10.7. The molecule has 3 N–H and O–H groups in total. The predicted octanol–water partition coefficient (Wildman–Crippen LogP) is 5.54. The van der Waals surface area contributed by atoms with Crippen LogP contribution in [-0.4, -0.2) is 28.9 Å². The van der Waals surface area contributed by atoms with Crippen LogP contribution in [0.3, 0.4) is 0 Å². The summed E-state index contributed by atoms with van der Waals surface area (Å²) >= 11 is 0. The van der Waals surface area contributed by atoms with Crippen molar-refractivity contribution in [2.24, 2.45) is 11.3 Å². The van der Waals surface area contributed by atoms with Crippen molar-refractivity contribution in [3.8, 4) is 0 Å². The second kappa shape index (κ2) is 13.6. The van der Waals surface area contributed by atoms with E-state index >= 15 is 0 Å². The molecule has 0 aliphatic rings. The first-order valence-corrected chi connectivity index (χ1v) is 13.1. The molecular formula is C32H38N2O4. The Morgan fingerprint density at radius 3 is 1.71 bits per heavy atom. The number of rotatable bonds is 12. The van der Waals surface area contributed by atoms with Crippen LogP contribution in [0, 0.1) is 11.3 Å². The third-order valence-corrected chi connectivity index (χ3v) is 6.62. The van der Waals surface area contributed by atoms with Crippen LogP contribution in [0.15, 0.2) is 91.0 Å². The molecule has 2 atom stereocenters. The molecule has 0 radical (unpaired) electrons. The van der Waals surface area contributed by atoms with Gasteiger partial charge in [0.15, 0.2) is 0 Å². The Morgan fingerprint density at radius 1 is 0.737 bits per heavy atom. The Morgan fingerprint density at radius 2 is 1.24 bits per heavy atom. The summed E-state index contributed by atoms with van der Waals surface area (Å²) in [4.78, 5) is 38.6. The number of aliphatic carboxylic acids is 1. The first-order chi connectivity index (χ1) is 18.1. The minimum absolute atomic E-state index is 0.282. The molecule has 2 amide bonds. The Kier molecular flexibility index (Phi) is 10.2. The van der Waals surface area contributed by atoms with E-state index in [1.807, 2.05) is 112 Å². The Bertz CT molecular complexity index is 1130. The molecule has 3 aromatic rings. The average molecular weight is 515 g/mol. The maximum Gasteiger partial charge on any atom is 0.304 e. The van der Waals surface area contributed by atoms with E-state index in [1.54, 1.807) is 0 Å². The molecular weight excluding hydrogens is 476 g/mol. The lowest BCUT2D eigenvalue weighted by Gasteiger charge is -2.33. The summed E-state index contributed by atoms with van der Waals surface area (Å²) < 4.78 is 0. The summed E-state index contributed by atoms with van der Waals surface area (Å²) in [5.41, 5.74) is 2.39. The lowest BCUT2D eigenvalue weighted by atomic mass is 9.84. The fraction of sp³-hybridized carbons (Fsp3) is 0.344. The molecule has 0 saturated heterocycles. The second-order valence-electron chi connectivity index (χ2n) is 10.7. The number of nitrogens with one attached hydrogen (secondary N) is 2. The smallest absolute Gasteiger partial charge is 0.304 e. The van der Waals surface area contributed by atoms with Crippen molar-refractivity contribution in [3.05, 3.63) is 108 Å². The van der Waals surface area contributed by atoms with Gasteiger partial charge in [-0.05, 0) is 41.4 Å². The molecule has 2 unspecified atom stereocenters. The zero-order valence-corrected chi connectivity index (χ0v) is 22.4. The van der Waals surface area contributed by atoms with Crippen LogP contribution >= 0.6 is 0 Å². The van der Waals surface area contributed by atoms with Gasteiger partial charge >= 0.3 is 5.97 Å². The number of carboxylic acid groups (broad SMARTS) is 1. The Balaban J connectivity index is 1.76. The van der Waals surface area contributed by atoms with E-state index in [-0.39, 0.29) is 12.3 Å². The fourth-order valence-corrected chi connectivity index (χ4v) is 4.55. The first-order valence-electron chi connectivity index (χ1n) is 13.1. The number of carbonyl (C=O) groups is 3. The fourth-order valence-electron chi connectivity index (χ4n) is 4.55. The maximum atomic E-state index is 13.7. The van der Waals surface area contributed by atoms with Crippen molar-refractivity contribution < 1.29 is 19.5 Å². The first kappa shape index (κ1) is 28.6. The third-order valence-electron chi connectivity index (χ3n) is 6.62. The zero-order valence-electron chi connectivity index (χ0n) is 22.4. The summed E-state index contributed by atoms with van der Waals surface area (Å²) in [5, 5.41) is 15.5. The topological polar surface area (TPSA) is 95.5 Å². The highest BCUT2D eigenvalue weighted by atomic mass is 16.4. The van der Waals surface area contributed by atoms with Gasteiger partial charge in [-0.15, -0.1) is 0 Å². The van der Waals surface area contributed by atoms with Crippen LogP contribution in [-0.2, 0) is 20.8 Å². The normalized spacial score (nSPS) is 12.9. The minimum Gasteiger partial charge on any atom is -0.481 e. The molecule has 0 aliphatic heterocycles. The number of benzene rings is 3. The molecule has 0 bridgehead atoms. The number of carboxylic acids is 1. The van der Waals surface area contributed by atoms with Gasteiger partial charge in [0.2, 0.25) is 11.8 Å². The van der Waals surface area contributed by atoms with Crippen LogP contribution in [0.1, 0.15) is 62.8 Å². The molecule has 3 rings (SSSR count). The van der Waals surface area contributed by atoms with Crippen molar-refractivity contribution in [1.82, 2.24) is 10.6 Å². The number of amides is 2. The van der Waals surface area contributed by atoms with Gasteiger partial charge in [0, 0.05) is 5.92 Å². The number of carbonyl (C=O) groups excluding carboxylic acids is 2. The zero-order chi connectivity index (χ0) is 27.5. The van der Waals surface area contributed by atoms with Crippen molar-refractivity contribution in [2.75, 3.05) is 0 Å². The van der Waals surface area contributed by atoms with E-state index in [0.29, 0.717) is 12.8 Å². The molecule has 38 heavy (non-hydrogen) atoms. The molecule has 3 aromatic carbocycles. The van der Waals surface area contributed by atoms with Crippen molar-refractivity contribution >= 4 is 17.8 Å². The molecule has 6 heteroatoms. The molecule has 0 spiro atoms. The van der Waals surface area contributed by atoms with Gasteiger partial charge in [-0.2, -0.15) is 0 Å². The van der Waals surface area contributed by atoms with E-state index < -0.39 is 35.3 Å². The van der Waals surface area contributed by atoms with Gasteiger partial charge in [-0.1, -0.05) is 112 Å². The summed E-state index contributed by atoms with van der Waals surface area (Å²) in [6.45, 7) is 5.66. The van der Waals surface area contributed by atoms with E-state index in [2.05, 4.69) is 10.6 Å². The molecule has 0 fully saturated rings. The van der Waals surface area contributed by atoms with Crippen LogP contribution in [0.25, 0.3) is 0 Å². The summed E-state index contributed by atoms with van der Waals surface area (Å²) in [6, 6.07) is 28.0. The molecule has 0 aliphatic carbocycles. The van der Waals surface area contributed by atoms with E-state index in [9.17, 15) is 19.5 Å². The highest BCUT2D eigenvalue weighted by Crippen LogP contribution is 2.26. The van der Waals surface area contributed by atoms with Gasteiger partial charge in [-0.3, -0.25) is 14.4 Å². The summed E-state index contributed by atoms with van der Waals surface area (Å²) in [7, 11) is 0. The Labute approximate surface area is 225 Å². The van der Waals surface area contributed by atoms with Crippen molar-refractivity contribution in [3.63, 3.8) is 0 Å². The van der Waals surface area contributed by atoms with Gasteiger partial charge in [0.05, 0.1) is 12.5 Å². The molecule has 200 valence electrons. The summed E-state index contributed by atoms with van der Waals surface area (Å²) in [5.74, 6) is -2.49. The van der Waals surface area contributed by atoms with Gasteiger partial charge in [0.25, 0.3) is 0 Å². The van der Waals surface area contributed by atoms with Crippen molar-refractivity contribution in [1.29, 1.82) is 0 Å². The van der Waals surface area contributed by atoms with Gasteiger partial charge < -0.3 is 15.7 Å². The highest BCUT2D eigenvalue weighted by Gasteiger charge is 2.36. The van der Waals surface area contributed by atoms with Crippen LogP contribution in [0.5, 0.6) is 0 Å². The lowest BCUT2D eigenvalue weighted by molar-refractivity contribution is -0.142. The highest BCUT2D eigenvalue weighted by molar-refractivity contribution is 5.90. The molecule has 0 aromatic heterocycles. The standard InChI is InChI=1S/C32H38N2O4/c1-32(2,3)29(31(38)33-28(24-17-9-5-10-18-24)25-19-11-6-12-20-25)34-30(37)26(22-27(35)36)21-13-16-23-14-7-4-8-15-23/h4-12,14-15,17-20,26,28-29H,13,16,21-22H2,1-3H3,(H,33,38)(H,34,37)(H,35,36). The molecule has 0 saturated carbocycles. The van der Waals surface area contributed by atoms with E-state index in [0.717, 1.165) is 23.1 Å². The monoisotopic (exact) mass is 514 g/mol. The number of hydrogen-bond acceptors (Lipinski definition) is 3. The van der Waals surface area contributed by atoms with Crippen LogP contribution in [0.4, 0.5) is 0 Å². The summed E-state index contributed by atoms with van der Waals surface area (Å²) in [6.07, 6.45) is 1.56. The minimum atomic E-state index is -1.03. The van der Waals surface area contributed by atoms with E-state index in [4.69, 9.17) is 0 Å². The third kappa shape index (κ3) is 8.58. The molecule has 6 nitrogen and oxygen atoms in total. The van der Waals surface area contributed by atoms with Gasteiger partial charge in [0.1, 0.15) is 6.04 Å². The maximum absolute atomic E-state index is 13.7. The quantitative estimate of drug-likeness (QED) is 0.296. The van der Waals surface area contributed by atoms with Gasteiger partial charge in [-0.25, -0.2) is 0 Å². The molecule has 0 heterocycles. The number of hydrogen-bond donors (Lipinski definition) is 3. The lowest BCUT2D eigenvalue weighted by Crippen LogP contribution is -2.55. The van der Waals surface area contributed by atoms with Crippen LogP contribution < -0.4 is 10.6 Å². The average Bonchev–Trinajstić information content (AvgIpc) is 2.90. The largest absolute Gasteiger partial charge is 0.481 e.